The number of nitrogens with one attached hydrogen (secondary N) is 3. The third kappa shape index (κ3) is 3.57. The van der Waals surface area contributed by atoms with Crippen LogP contribution in [0.15, 0.2) is 18.2 Å². The van der Waals surface area contributed by atoms with Crippen molar-refractivity contribution in [3.05, 3.63) is 34.9 Å². The number of carbonyl (C=O) groups excluding carboxylic acids is 4. The van der Waals surface area contributed by atoms with E-state index in [1.807, 2.05) is 6.07 Å². The summed E-state index contributed by atoms with van der Waals surface area (Å²) in [5.74, 6) is -1.91. The molecule has 8 heteroatoms. The van der Waals surface area contributed by atoms with Crippen molar-refractivity contribution in [3.8, 4) is 0 Å². The summed E-state index contributed by atoms with van der Waals surface area (Å²) in [6.07, 6.45) is 3.91. The first-order valence-electron chi connectivity index (χ1n) is 9.83. The fourth-order valence-corrected chi connectivity index (χ4v) is 4.12. The molecule has 0 radical (unpaired) electrons. The van der Waals surface area contributed by atoms with Gasteiger partial charge >= 0.3 is 0 Å². The van der Waals surface area contributed by atoms with Crippen LogP contribution in [-0.2, 0) is 16.1 Å². The Balaban J connectivity index is 1.43. The zero-order chi connectivity index (χ0) is 19.7. The SMILES string of the molecule is O=C1CCC(N2C(=O)c3ccc(CNC[C@@H]4CCCCN4)cc3C2=O)C(=O)N1. The summed E-state index contributed by atoms with van der Waals surface area (Å²) >= 11 is 0. The highest BCUT2D eigenvalue weighted by molar-refractivity contribution is 6.23. The first-order valence-corrected chi connectivity index (χ1v) is 9.83. The molecule has 3 aliphatic rings. The molecule has 2 atom stereocenters. The molecule has 3 heterocycles. The largest absolute Gasteiger partial charge is 0.313 e. The first-order chi connectivity index (χ1) is 13.5. The normalized spacial score (nSPS) is 25.1. The van der Waals surface area contributed by atoms with Crippen molar-refractivity contribution in [1.29, 1.82) is 0 Å². The smallest absolute Gasteiger partial charge is 0.262 e. The summed E-state index contributed by atoms with van der Waals surface area (Å²) in [5, 5.41) is 9.09. The van der Waals surface area contributed by atoms with Gasteiger partial charge in [0.05, 0.1) is 11.1 Å². The second-order valence-electron chi connectivity index (χ2n) is 7.60. The Hall–Kier alpha value is -2.58. The van der Waals surface area contributed by atoms with Crippen LogP contribution in [0.25, 0.3) is 0 Å². The molecule has 28 heavy (non-hydrogen) atoms. The lowest BCUT2D eigenvalue weighted by Crippen LogP contribution is -2.54. The molecule has 0 aliphatic carbocycles. The maximum Gasteiger partial charge on any atom is 0.262 e. The number of benzene rings is 1. The van der Waals surface area contributed by atoms with Gasteiger partial charge in [-0.3, -0.25) is 29.4 Å². The molecule has 4 rings (SSSR count). The molecule has 0 bridgehead atoms. The number of rotatable bonds is 5. The van der Waals surface area contributed by atoms with Crippen LogP contribution in [0, 0.1) is 0 Å². The molecule has 148 valence electrons. The molecular formula is C20H24N4O4. The molecule has 1 aromatic rings. The highest BCUT2D eigenvalue weighted by atomic mass is 16.2. The van der Waals surface area contributed by atoms with E-state index in [0.717, 1.165) is 30.0 Å². The second-order valence-corrected chi connectivity index (χ2v) is 7.60. The third-order valence-electron chi connectivity index (χ3n) is 5.64. The number of fused-ring (bicyclic) bond motifs is 1. The average molecular weight is 384 g/mol. The number of hydrogen-bond donors (Lipinski definition) is 3. The van der Waals surface area contributed by atoms with Crippen LogP contribution in [0.3, 0.4) is 0 Å². The summed E-state index contributed by atoms with van der Waals surface area (Å²) in [6, 6.07) is 4.75. The van der Waals surface area contributed by atoms with Gasteiger partial charge in [0.1, 0.15) is 6.04 Å². The minimum absolute atomic E-state index is 0.119. The van der Waals surface area contributed by atoms with Crippen LogP contribution in [0.2, 0.25) is 0 Å². The molecule has 4 amide bonds. The Labute approximate surface area is 163 Å². The first kappa shape index (κ1) is 18.8. The lowest BCUT2D eigenvalue weighted by atomic mass is 10.0. The maximum absolute atomic E-state index is 12.8. The lowest BCUT2D eigenvalue weighted by Gasteiger charge is -2.27. The van der Waals surface area contributed by atoms with Gasteiger partial charge in [-0.05, 0) is 43.5 Å². The van der Waals surface area contributed by atoms with Crippen molar-refractivity contribution in [2.45, 2.75) is 50.7 Å². The van der Waals surface area contributed by atoms with Gasteiger partial charge in [-0.2, -0.15) is 0 Å². The highest BCUT2D eigenvalue weighted by Gasteiger charge is 2.44. The molecule has 0 aromatic heterocycles. The van der Waals surface area contributed by atoms with E-state index in [1.54, 1.807) is 12.1 Å². The predicted octanol–water partition coefficient (Wildman–Crippen LogP) is 0.320. The summed E-state index contributed by atoms with van der Waals surface area (Å²) in [6.45, 7) is 2.51. The highest BCUT2D eigenvalue weighted by Crippen LogP contribution is 2.28. The quantitative estimate of drug-likeness (QED) is 0.631. The van der Waals surface area contributed by atoms with Crippen LogP contribution in [0.4, 0.5) is 0 Å². The molecule has 0 spiro atoms. The van der Waals surface area contributed by atoms with Gasteiger partial charge in [-0.1, -0.05) is 12.5 Å². The molecule has 1 aromatic carbocycles. The Morgan fingerprint density at radius 2 is 1.86 bits per heavy atom. The maximum atomic E-state index is 12.8. The van der Waals surface area contributed by atoms with Crippen molar-refractivity contribution in [1.82, 2.24) is 20.9 Å². The number of amides is 4. The zero-order valence-corrected chi connectivity index (χ0v) is 15.6. The minimum atomic E-state index is -0.927. The van der Waals surface area contributed by atoms with Crippen LogP contribution in [0.1, 0.15) is 58.4 Å². The molecule has 8 nitrogen and oxygen atoms in total. The molecule has 2 fully saturated rings. The van der Waals surface area contributed by atoms with E-state index in [2.05, 4.69) is 16.0 Å². The fourth-order valence-electron chi connectivity index (χ4n) is 4.12. The predicted molar refractivity (Wildman–Crippen MR) is 100 cm³/mol. The van der Waals surface area contributed by atoms with Crippen LogP contribution < -0.4 is 16.0 Å². The van der Waals surface area contributed by atoms with Crippen molar-refractivity contribution >= 4 is 23.6 Å². The van der Waals surface area contributed by atoms with Gasteiger partial charge in [-0.25, -0.2) is 0 Å². The summed E-state index contributed by atoms with van der Waals surface area (Å²) in [5.41, 5.74) is 1.55. The van der Waals surface area contributed by atoms with E-state index in [9.17, 15) is 19.2 Å². The number of hydrogen-bond acceptors (Lipinski definition) is 6. The second kappa shape index (κ2) is 7.81. The van der Waals surface area contributed by atoms with Crippen molar-refractivity contribution in [2.75, 3.05) is 13.1 Å². The number of piperidine rings is 2. The molecule has 1 unspecified atom stereocenters. The molecule has 0 saturated carbocycles. The average Bonchev–Trinajstić information content (AvgIpc) is 2.93. The van der Waals surface area contributed by atoms with Crippen molar-refractivity contribution < 1.29 is 19.2 Å². The molecule has 2 saturated heterocycles. The molecule has 3 aliphatic heterocycles. The number of carbonyl (C=O) groups is 4. The summed E-state index contributed by atoms with van der Waals surface area (Å²) in [7, 11) is 0. The van der Waals surface area contributed by atoms with Gasteiger partial charge in [0.15, 0.2) is 0 Å². The number of nitrogens with zero attached hydrogens (tertiary/aromatic N) is 1. The van der Waals surface area contributed by atoms with Gasteiger partial charge in [0.25, 0.3) is 11.8 Å². The van der Waals surface area contributed by atoms with E-state index >= 15 is 0 Å². The standard InChI is InChI=1S/C20H24N4O4/c25-17-7-6-16(18(26)23-17)24-19(27)14-5-4-12(9-15(14)20(24)28)10-21-11-13-3-1-2-8-22-13/h4-5,9,13,16,21-22H,1-3,6-8,10-11H2,(H,23,25,26)/t13-,16?/m0/s1. The van der Waals surface area contributed by atoms with E-state index in [4.69, 9.17) is 0 Å². The monoisotopic (exact) mass is 384 g/mol. The van der Waals surface area contributed by atoms with Crippen LogP contribution in [0.5, 0.6) is 0 Å². The van der Waals surface area contributed by atoms with Crippen LogP contribution >= 0.6 is 0 Å². The van der Waals surface area contributed by atoms with Gasteiger partial charge < -0.3 is 10.6 Å². The third-order valence-corrected chi connectivity index (χ3v) is 5.64. The minimum Gasteiger partial charge on any atom is -0.313 e. The Morgan fingerprint density at radius 3 is 2.61 bits per heavy atom. The number of imide groups is 2. The topological polar surface area (TPSA) is 108 Å². The Bertz CT molecular complexity index is 831. The summed E-state index contributed by atoms with van der Waals surface area (Å²) in [4.78, 5) is 49.9. The van der Waals surface area contributed by atoms with E-state index in [1.165, 1.54) is 12.8 Å². The van der Waals surface area contributed by atoms with E-state index in [0.29, 0.717) is 23.7 Å². The molecular weight excluding hydrogens is 360 g/mol. The Morgan fingerprint density at radius 1 is 1.04 bits per heavy atom. The summed E-state index contributed by atoms with van der Waals surface area (Å²) < 4.78 is 0. The fraction of sp³-hybridized carbons (Fsp3) is 0.500. The Kier molecular flexibility index (Phi) is 5.23. The van der Waals surface area contributed by atoms with E-state index < -0.39 is 23.8 Å². The lowest BCUT2D eigenvalue weighted by molar-refractivity contribution is -0.136. The van der Waals surface area contributed by atoms with Gasteiger partial charge in [0, 0.05) is 25.6 Å². The zero-order valence-electron chi connectivity index (χ0n) is 15.6. The van der Waals surface area contributed by atoms with Crippen molar-refractivity contribution in [2.24, 2.45) is 0 Å². The van der Waals surface area contributed by atoms with Gasteiger partial charge in [-0.15, -0.1) is 0 Å². The van der Waals surface area contributed by atoms with Gasteiger partial charge in [0.2, 0.25) is 11.8 Å². The van der Waals surface area contributed by atoms with E-state index in [-0.39, 0.29) is 18.7 Å². The van der Waals surface area contributed by atoms with Crippen molar-refractivity contribution in [3.63, 3.8) is 0 Å². The van der Waals surface area contributed by atoms with Crippen LogP contribution in [-0.4, -0.2) is 53.7 Å². The molecule has 3 N–H and O–H groups in total.